The lowest BCUT2D eigenvalue weighted by atomic mass is 10.0. The van der Waals surface area contributed by atoms with E-state index in [9.17, 15) is 4.79 Å². The van der Waals surface area contributed by atoms with Crippen molar-refractivity contribution in [2.24, 2.45) is 5.73 Å². The molecule has 0 spiro atoms. The summed E-state index contributed by atoms with van der Waals surface area (Å²) in [6.07, 6.45) is 4.73. The van der Waals surface area contributed by atoms with Gasteiger partial charge in [-0.1, -0.05) is 30.3 Å². The number of para-hydroxylation sites is 2. The highest BCUT2D eigenvalue weighted by atomic mass is 16.5. The highest BCUT2D eigenvalue weighted by Crippen LogP contribution is 2.34. The number of carbonyl (C=O) groups excluding carboxylic acids is 1. The Labute approximate surface area is 163 Å². The number of amides is 1. The quantitative estimate of drug-likeness (QED) is 0.477. The molecule has 3 aromatic rings. The fraction of sp³-hybridized carbons (Fsp3) is 0.227. The normalized spacial score (nSPS) is 14.1. The van der Waals surface area contributed by atoms with Gasteiger partial charge in [0.2, 0.25) is 0 Å². The van der Waals surface area contributed by atoms with Gasteiger partial charge in [-0.3, -0.25) is 15.5 Å². The van der Waals surface area contributed by atoms with Crippen molar-refractivity contribution in [3.63, 3.8) is 0 Å². The van der Waals surface area contributed by atoms with E-state index in [-0.39, 0.29) is 6.10 Å². The van der Waals surface area contributed by atoms with Crippen molar-refractivity contribution in [3.8, 4) is 17.0 Å². The Hall–Kier alpha value is -3.41. The standard InChI is InChI=1S/C22H22N4O2/c23-22(24)26-21(27)17-13-19(25-18-11-5-3-9-15(17)18)16-10-4-6-12-20(16)28-14-7-1-2-8-14/h3-6,9-14H,1-2,7-8H2,(H4,23,24,26,27). The molecule has 1 aromatic heterocycles. The van der Waals surface area contributed by atoms with Crippen LogP contribution in [0.2, 0.25) is 0 Å². The Kier molecular flexibility index (Phi) is 4.93. The number of aromatic nitrogens is 1. The third-order valence-corrected chi connectivity index (χ3v) is 4.97. The molecule has 1 saturated carbocycles. The smallest absolute Gasteiger partial charge is 0.258 e. The predicted molar refractivity (Wildman–Crippen MR) is 109 cm³/mol. The Morgan fingerprint density at radius 1 is 1.11 bits per heavy atom. The second-order valence-electron chi connectivity index (χ2n) is 6.96. The Morgan fingerprint density at radius 2 is 1.82 bits per heavy atom. The van der Waals surface area contributed by atoms with Crippen LogP contribution in [0, 0.1) is 5.41 Å². The number of fused-ring (bicyclic) bond motifs is 1. The number of nitrogens with one attached hydrogen (secondary N) is 2. The molecule has 4 rings (SSSR count). The molecule has 0 saturated heterocycles. The van der Waals surface area contributed by atoms with Crippen LogP contribution in [0.4, 0.5) is 0 Å². The molecule has 0 bridgehead atoms. The summed E-state index contributed by atoms with van der Waals surface area (Å²) in [6, 6.07) is 16.9. The van der Waals surface area contributed by atoms with Crippen molar-refractivity contribution in [3.05, 3.63) is 60.2 Å². The zero-order valence-electron chi connectivity index (χ0n) is 15.4. The summed E-state index contributed by atoms with van der Waals surface area (Å²) < 4.78 is 6.24. The lowest BCUT2D eigenvalue weighted by Gasteiger charge is -2.17. The van der Waals surface area contributed by atoms with Crippen LogP contribution in [0.15, 0.2) is 54.6 Å². The monoisotopic (exact) mass is 374 g/mol. The molecule has 0 aliphatic heterocycles. The first-order chi connectivity index (χ1) is 13.6. The van der Waals surface area contributed by atoms with Crippen molar-refractivity contribution in [2.75, 3.05) is 0 Å². The number of nitrogens with zero attached hydrogens (tertiary/aromatic N) is 1. The van der Waals surface area contributed by atoms with Gasteiger partial charge in [0, 0.05) is 10.9 Å². The molecule has 142 valence electrons. The summed E-state index contributed by atoms with van der Waals surface area (Å²) in [5, 5.41) is 10.4. The zero-order chi connectivity index (χ0) is 19.5. The van der Waals surface area contributed by atoms with E-state index in [1.807, 2.05) is 48.5 Å². The number of carbonyl (C=O) groups is 1. The van der Waals surface area contributed by atoms with Crippen molar-refractivity contribution in [2.45, 2.75) is 31.8 Å². The average molecular weight is 374 g/mol. The van der Waals surface area contributed by atoms with Gasteiger partial charge in [0.05, 0.1) is 22.9 Å². The second-order valence-corrected chi connectivity index (χ2v) is 6.96. The summed E-state index contributed by atoms with van der Waals surface area (Å²) in [5.74, 6) is -0.0472. The minimum absolute atomic E-state index is 0.224. The number of benzene rings is 2. The molecule has 1 amide bonds. The highest BCUT2D eigenvalue weighted by Gasteiger charge is 2.20. The molecule has 1 fully saturated rings. The van der Waals surface area contributed by atoms with E-state index in [4.69, 9.17) is 20.9 Å². The number of ether oxygens (including phenoxy) is 1. The van der Waals surface area contributed by atoms with Crippen molar-refractivity contribution in [1.82, 2.24) is 10.3 Å². The van der Waals surface area contributed by atoms with Gasteiger partial charge in [0.25, 0.3) is 5.91 Å². The molecule has 6 heteroatoms. The van der Waals surface area contributed by atoms with Crippen LogP contribution >= 0.6 is 0 Å². The average Bonchev–Trinajstić information content (AvgIpc) is 3.20. The van der Waals surface area contributed by atoms with Gasteiger partial charge in [-0.05, 0) is 49.9 Å². The number of nitrogens with two attached hydrogens (primary N) is 1. The van der Waals surface area contributed by atoms with E-state index in [0.717, 1.165) is 24.2 Å². The molecule has 0 atom stereocenters. The molecule has 1 heterocycles. The maximum atomic E-state index is 12.6. The third kappa shape index (κ3) is 3.67. The highest BCUT2D eigenvalue weighted by molar-refractivity contribution is 6.12. The fourth-order valence-electron chi connectivity index (χ4n) is 3.66. The van der Waals surface area contributed by atoms with Crippen molar-refractivity contribution in [1.29, 1.82) is 5.41 Å². The van der Waals surface area contributed by atoms with Crippen LogP contribution in [0.25, 0.3) is 22.2 Å². The van der Waals surface area contributed by atoms with Gasteiger partial charge in [-0.2, -0.15) is 0 Å². The topological polar surface area (TPSA) is 101 Å². The number of pyridine rings is 1. The Morgan fingerprint density at radius 3 is 2.61 bits per heavy atom. The molecule has 0 unspecified atom stereocenters. The molecule has 0 radical (unpaired) electrons. The van der Waals surface area contributed by atoms with E-state index in [1.165, 1.54) is 12.8 Å². The number of hydrogen-bond acceptors (Lipinski definition) is 4. The first kappa shape index (κ1) is 18.0. The molecule has 28 heavy (non-hydrogen) atoms. The molecule has 1 aliphatic rings. The Balaban J connectivity index is 1.81. The van der Waals surface area contributed by atoms with Gasteiger partial charge in [0.15, 0.2) is 5.96 Å². The van der Waals surface area contributed by atoms with Crippen molar-refractivity contribution >= 4 is 22.8 Å². The maximum absolute atomic E-state index is 12.6. The van der Waals surface area contributed by atoms with Crippen LogP contribution in [-0.2, 0) is 0 Å². The summed E-state index contributed by atoms with van der Waals surface area (Å²) in [6.45, 7) is 0. The molecule has 4 N–H and O–H groups in total. The first-order valence-corrected chi connectivity index (χ1v) is 9.43. The van der Waals surface area contributed by atoms with Gasteiger partial charge in [-0.15, -0.1) is 0 Å². The van der Waals surface area contributed by atoms with Crippen LogP contribution < -0.4 is 15.8 Å². The van der Waals surface area contributed by atoms with E-state index in [2.05, 4.69) is 5.32 Å². The summed E-state index contributed by atoms with van der Waals surface area (Å²) in [4.78, 5) is 17.4. The van der Waals surface area contributed by atoms with Gasteiger partial charge in [-0.25, -0.2) is 4.98 Å². The van der Waals surface area contributed by atoms with Gasteiger partial charge < -0.3 is 10.5 Å². The SMILES string of the molecule is N=C(N)NC(=O)c1cc(-c2ccccc2OC2CCCC2)nc2ccccc12. The summed E-state index contributed by atoms with van der Waals surface area (Å²) >= 11 is 0. The van der Waals surface area contributed by atoms with Crippen LogP contribution in [0.5, 0.6) is 5.75 Å². The number of hydrogen-bond donors (Lipinski definition) is 3. The van der Waals surface area contributed by atoms with E-state index in [1.54, 1.807) is 6.07 Å². The lowest BCUT2D eigenvalue weighted by molar-refractivity contribution is 0.0978. The zero-order valence-corrected chi connectivity index (χ0v) is 15.4. The van der Waals surface area contributed by atoms with Gasteiger partial charge in [0.1, 0.15) is 5.75 Å². The summed E-state index contributed by atoms with van der Waals surface area (Å²) in [5.41, 5.74) is 7.97. The van der Waals surface area contributed by atoms with E-state index < -0.39 is 11.9 Å². The molecular weight excluding hydrogens is 352 g/mol. The minimum atomic E-state index is -0.429. The molecule has 6 nitrogen and oxygen atoms in total. The first-order valence-electron chi connectivity index (χ1n) is 9.43. The van der Waals surface area contributed by atoms with Crippen LogP contribution in [0.3, 0.4) is 0 Å². The van der Waals surface area contributed by atoms with Crippen molar-refractivity contribution < 1.29 is 9.53 Å². The Bertz CT molecular complexity index is 1040. The summed E-state index contributed by atoms with van der Waals surface area (Å²) in [7, 11) is 0. The molecule has 1 aliphatic carbocycles. The largest absolute Gasteiger partial charge is 0.490 e. The predicted octanol–water partition coefficient (Wildman–Crippen LogP) is 3.85. The van der Waals surface area contributed by atoms with Gasteiger partial charge >= 0.3 is 0 Å². The number of guanidine groups is 1. The molecular formula is C22H22N4O2. The maximum Gasteiger partial charge on any atom is 0.258 e. The van der Waals surface area contributed by atoms with Crippen LogP contribution in [0.1, 0.15) is 36.0 Å². The fourth-order valence-corrected chi connectivity index (χ4v) is 3.66. The van der Waals surface area contributed by atoms with Crippen LogP contribution in [-0.4, -0.2) is 23.0 Å². The number of rotatable bonds is 4. The molecule has 2 aromatic carbocycles. The van der Waals surface area contributed by atoms with E-state index in [0.29, 0.717) is 22.2 Å². The second kappa shape index (κ2) is 7.68. The minimum Gasteiger partial charge on any atom is -0.490 e. The third-order valence-electron chi connectivity index (χ3n) is 4.97. The lowest BCUT2D eigenvalue weighted by Crippen LogP contribution is -2.35. The van der Waals surface area contributed by atoms with E-state index >= 15 is 0 Å².